The zero-order valence-corrected chi connectivity index (χ0v) is 16.2. The number of hydrogen-bond donors (Lipinski definition) is 2. The molecule has 5 heteroatoms. The molecule has 0 spiro atoms. The van der Waals surface area contributed by atoms with Crippen molar-refractivity contribution in [2.24, 2.45) is 16.6 Å². The molecule has 2 aromatic rings. The molecule has 2 rings (SSSR count). The number of nitrogens with zero attached hydrogens (tertiary/aromatic N) is 1. The average Bonchev–Trinajstić information content (AvgIpc) is 2.98. The smallest absolute Gasteiger partial charge is 0.193 e. The van der Waals surface area contributed by atoms with Crippen molar-refractivity contribution in [2.75, 3.05) is 11.9 Å². The molecule has 0 aliphatic carbocycles. The van der Waals surface area contributed by atoms with Crippen molar-refractivity contribution in [3.05, 3.63) is 52.2 Å². The summed E-state index contributed by atoms with van der Waals surface area (Å²) in [5, 5.41) is 5.27. The monoisotopic (exact) mass is 429 g/mol. The number of rotatable bonds is 6. The molecule has 1 heterocycles. The molecule has 0 saturated carbocycles. The summed E-state index contributed by atoms with van der Waals surface area (Å²) < 4.78 is 0. The fraction of sp³-hybridized carbons (Fsp3) is 0.353. The van der Waals surface area contributed by atoms with Crippen LogP contribution in [0.15, 0.2) is 46.8 Å². The summed E-state index contributed by atoms with van der Waals surface area (Å²) in [6, 6.07) is 12.5. The number of hydrogen-bond acceptors (Lipinski definition) is 2. The summed E-state index contributed by atoms with van der Waals surface area (Å²) in [4.78, 5) is 5.85. The molecule has 0 aliphatic heterocycles. The highest BCUT2D eigenvalue weighted by molar-refractivity contribution is 14.0. The van der Waals surface area contributed by atoms with E-state index in [9.17, 15) is 0 Å². The van der Waals surface area contributed by atoms with Gasteiger partial charge >= 0.3 is 0 Å². The van der Waals surface area contributed by atoms with Crippen LogP contribution in [-0.4, -0.2) is 12.5 Å². The molecule has 1 aromatic carbocycles. The summed E-state index contributed by atoms with van der Waals surface area (Å²) in [6.45, 7) is 5.08. The zero-order chi connectivity index (χ0) is 15.1. The van der Waals surface area contributed by atoms with Crippen LogP contribution in [0, 0.1) is 5.92 Å². The lowest BCUT2D eigenvalue weighted by molar-refractivity contribution is 0.599. The van der Waals surface area contributed by atoms with Gasteiger partial charge in [-0.2, -0.15) is 0 Å². The first-order valence-corrected chi connectivity index (χ1v) is 8.23. The first-order valence-electron chi connectivity index (χ1n) is 7.35. The number of nitrogens with two attached hydrogens (primary N) is 1. The van der Waals surface area contributed by atoms with E-state index in [1.54, 1.807) is 11.3 Å². The van der Waals surface area contributed by atoms with Gasteiger partial charge in [-0.25, -0.2) is 0 Å². The third-order valence-electron chi connectivity index (χ3n) is 3.31. The number of guanidine groups is 1. The molecule has 120 valence electrons. The number of anilines is 1. The Morgan fingerprint density at radius 1 is 1.32 bits per heavy atom. The second-order valence-electron chi connectivity index (χ2n) is 5.29. The van der Waals surface area contributed by atoms with Gasteiger partial charge in [-0.05, 0) is 47.9 Å². The maximum Gasteiger partial charge on any atom is 0.193 e. The van der Waals surface area contributed by atoms with E-state index in [4.69, 9.17) is 5.73 Å². The van der Waals surface area contributed by atoms with Crippen molar-refractivity contribution in [3.63, 3.8) is 0 Å². The molecule has 3 nitrogen and oxygen atoms in total. The summed E-state index contributed by atoms with van der Waals surface area (Å²) >= 11 is 1.80. The van der Waals surface area contributed by atoms with Gasteiger partial charge in [-0.1, -0.05) is 32.0 Å². The molecule has 1 aromatic heterocycles. The van der Waals surface area contributed by atoms with E-state index in [1.807, 2.05) is 12.1 Å². The Kier molecular flexibility index (Phi) is 8.48. The van der Waals surface area contributed by atoms with Crippen LogP contribution < -0.4 is 11.1 Å². The highest BCUT2D eigenvalue weighted by Gasteiger charge is 2.04. The molecule has 1 unspecified atom stereocenters. The largest absolute Gasteiger partial charge is 0.370 e. The molecule has 22 heavy (non-hydrogen) atoms. The normalized spacial score (nSPS) is 12.5. The molecule has 0 bridgehead atoms. The third kappa shape index (κ3) is 6.36. The maximum atomic E-state index is 5.96. The Morgan fingerprint density at radius 3 is 2.82 bits per heavy atom. The predicted molar refractivity (Wildman–Crippen MR) is 109 cm³/mol. The van der Waals surface area contributed by atoms with E-state index in [-0.39, 0.29) is 24.0 Å². The minimum Gasteiger partial charge on any atom is -0.370 e. The summed E-state index contributed by atoms with van der Waals surface area (Å²) in [5.74, 6) is 0.979. The second kappa shape index (κ2) is 9.84. The quantitative estimate of drug-likeness (QED) is 0.403. The van der Waals surface area contributed by atoms with Gasteiger partial charge in [-0.3, -0.25) is 4.99 Å². The number of aryl methyl sites for hydroxylation is 1. The van der Waals surface area contributed by atoms with Gasteiger partial charge in [0, 0.05) is 17.1 Å². The summed E-state index contributed by atoms with van der Waals surface area (Å²) in [5.41, 5.74) is 8.25. The van der Waals surface area contributed by atoms with Crippen LogP contribution in [0.5, 0.6) is 0 Å². The number of aliphatic imine (C=N–C) groups is 1. The summed E-state index contributed by atoms with van der Waals surface area (Å²) in [6.07, 6.45) is 2.07. The first-order chi connectivity index (χ1) is 10.2. The van der Waals surface area contributed by atoms with Crippen LogP contribution in [0.2, 0.25) is 0 Å². The highest BCUT2D eigenvalue weighted by Crippen LogP contribution is 2.15. The van der Waals surface area contributed by atoms with Gasteiger partial charge < -0.3 is 11.1 Å². The topological polar surface area (TPSA) is 50.4 Å². The van der Waals surface area contributed by atoms with Gasteiger partial charge in [-0.15, -0.1) is 35.3 Å². The lowest BCUT2D eigenvalue weighted by atomic mass is 10.1. The molecule has 0 aliphatic rings. The van der Waals surface area contributed by atoms with E-state index in [2.05, 4.69) is 53.8 Å². The van der Waals surface area contributed by atoms with Crippen LogP contribution in [0.3, 0.4) is 0 Å². The summed E-state index contributed by atoms with van der Waals surface area (Å²) in [7, 11) is 0. The van der Waals surface area contributed by atoms with Crippen LogP contribution in [0.25, 0.3) is 0 Å². The maximum absolute atomic E-state index is 5.96. The van der Waals surface area contributed by atoms with Gasteiger partial charge in [0.1, 0.15) is 0 Å². The Balaban J connectivity index is 0.00000242. The first kappa shape index (κ1) is 19.0. The molecule has 0 radical (unpaired) electrons. The standard InChI is InChI=1S/C17H23N3S.HI/c1-3-14-6-4-7-15(11-14)20-17(18)19-12-13(2)10-16-8-5-9-21-16;/h4-9,11,13H,3,10,12H2,1-2H3,(H3,18,19,20);1H. The lowest BCUT2D eigenvalue weighted by Crippen LogP contribution is -2.23. The lowest BCUT2D eigenvalue weighted by Gasteiger charge is -2.10. The van der Waals surface area contributed by atoms with Crippen molar-refractivity contribution < 1.29 is 0 Å². The van der Waals surface area contributed by atoms with Crippen LogP contribution in [0.4, 0.5) is 5.69 Å². The minimum absolute atomic E-state index is 0. The van der Waals surface area contributed by atoms with Crippen LogP contribution >= 0.6 is 35.3 Å². The molecule has 3 N–H and O–H groups in total. The van der Waals surface area contributed by atoms with E-state index in [1.165, 1.54) is 10.4 Å². The van der Waals surface area contributed by atoms with Crippen molar-refractivity contribution >= 4 is 47.0 Å². The van der Waals surface area contributed by atoms with Gasteiger partial charge in [0.2, 0.25) is 0 Å². The van der Waals surface area contributed by atoms with Gasteiger partial charge in [0.05, 0.1) is 0 Å². The zero-order valence-electron chi connectivity index (χ0n) is 13.1. The van der Waals surface area contributed by atoms with Crippen molar-refractivity contribution in [1.29, 1.82) is 0 Å². The van der Waals surface area contributed by atoms with E-state index >= 15 is 0 Å². The number of benzene rings is 1. The molecular weight excluding hydrogens is 405 g/mol. The average molecular weight is 429 g/mol. The van der Waals surface area contributed by atoms with E-state index < -0.39 is 0 Å². The van der Waals surface area contributed by atoms with E-state index in [0.29, 0.717) is 11.9 Å². The minimum atomic E-state index is 0. The molecule has 0 amide bonds. The van der Waals surface area contributed by atoms with Crippen molar-refractivity contribution in [3.8, 4) is 0 Å². The SMILES string of the molecule is CCc1cccc(NC(N)=NCC(C)Cc2cccs2)c1.I. The van der Waals surface area contributed by atoms with Crippen molar-refractivity contribution in [2.45, 2.75) is 26.7 Å². The number of halogens is 1. The van der Waals surface area contributed by atoms with Crippen molar-refractivity contribution in [1.82, 2.24) is 0 Å². The fourth-order valence-electron chi connectivity index (χ4n) is 2.15. The fourth-order valence-corrected chi connectivity index (χ4v) is 3.02. The van der Waals surface area contributed by atoms with E-state index in [0.717, 1.165) is 25.1 Å². The number of nitrogens with one attached hydrogen (secondary N) is 1. The molecular formula is C17H24IN3S. The van der Waals surface area contributed by atoms with Gasteiger partial charge in [0.15, 0.2) is 5.96 Å². The Labute approximate surface area is 154 Å². The van der Waals surface area contributed by atoms with Crippen LogP contribution in [0.1, 0.15) is 24.3 Å². The molecule has 0 fully saturated rings. The number of thiophene rings is 1. The highest BCUT2D eigenvalue weighted by atomic mass is 127. The third-order valence-corrected chi connectivity index (χ3v) is 4.21. The predicted octanol–water partition coefficient (Wildman–Crippen LogP) is 4.53. The van der Waals surface area contributed by atoms with Gasteiger partial charge in [0.25, 0.3) is 0 Å². The Bertz CT molecular complexity index is 581. The van der Waals surface area contributed by atoms with Crippen LogP contribution in [-0.2, 0) is 12.8 Å². The Morgan fingerprint density at radius 2 is 2.14 bits per heavy atom. The molecule has 0 saturated heterocycles. The molecule has 1 atom stereocenters. The second-order valence-corrected chi connectivity index (χ2v) is 6.33. The Hall–Kier alpha value is -1.08.